The molecule has 0 amide bonds. The van der Waals surface area contributed by atoms with Gasteiger partial charge in [-0.25, -0.2) is 9.97 Å². The molecule has 0 saturated carbocycles. The van der Waals surface area contributed by atoms with Gasteiger partial charge in [0.2, 0.25) is 0 Å². The first kappa shape index (κ1) is 14.2. The molecule has 4 heteroatoms. The summed E-state index contributed by atoms with van der Waals surface area (Å²) in [5, 5.41) is 0. The lowest BCUT2D eigenvalue weighted by molar-refractivity contribution is 0.112. The Bertz CT molecular complexity index is 613. The van der Waals surface area contributed by atoms with Gasteiger partial charge in [0.05, 0.1) is 5.56 Å². The first-order valence-corrected chi connectivity index (χ1v) is 6.46. The maximum absolute atomic E-state index is 10.5. The molecule has 0 aliphatic carbocycles. The van der Waals surface area contributed by atoms with Crippen molar-refractivity contribution in [2.75, 3.05) is 0 Å². The number of rotatable bonds is 3. The Morgan fingerprint density at radius 1 is 1.15 bits per heavy atom. The van der Waals surface area contributed by atoms with Crippen molar-refractivity contribution in [1.82, 2.24) is 9.97 Å². The van der Waals surface area contributed by atoms with Gasteiger partial charge in [-0.2, -0.15) is 0 Å². The average Bonchev–Trinajstić information content (AvgIpc) is 2.41. The number of aldehydes is 1. The van der Waals surface area contributed by atoms with Crippen LogP contribution in [0.4, 0.5) is 0 Å². The Kier molecular flexibility index (Phi) is 3.84. The summed E-state index contributed by atoms with van der Waals surface area (Å²) >= 11 is 0. The molecule has 0 saturated heterocycles. The number of aryl methyl sites for hydroxylation is 1. The van der Waals surface area contributed by atoms with Crippen molar-refractivity contribution in [3.63, 3.8) is 0 Å². The lowest BCUT2D eigenvalue weighted by atomic mass is 9.86. The van der Waals surface area contributed by atoms with Crippen molar-refractivity contribution in [3.05, 3.63) is 47.3 Å². The smallest absolute Gasteiger partial charge is 0.321 e. The third-order valence-electron chi connectivity index (χ3n) is 3.03. The van der Waals surface area contributed by atoms with E-state index in [1.54, 1.807) is 0 Å². The minimum atomic E-state index is 0.103. The summed E-state index contributed by atoms with van der Waals surface area (Å²) < 4.78 is 5.64. The van der Waals surface area contributed by atoms with E-state index >= 15 is 0 Å². The topological polar surface area (TPSA) is 52.1 Å². The number of carbonyl (C=O) groups is 1. The fourth-order valence-electron chi connectivity index (χ4n) is 1.77. The summed E-state index contributed by atoms with van der Waals surface area (Å²) in [7, 11) is 0. The third kappa shape index (κ3) is 3.20. The Morgan fingerprint density at radius 3 is 2.30 bits per heavy atom. The molecule has 104 valence electrons. The van der Waals surface area contributed by atoms with E-state index in [2.05, 4.69) is 36.8 Å². The molecule has 0 bridgehead atoms. The summed E-state index contributed by atoms with van der Waals surface area (Å²) in [6.07, 6.45) is 3.58. The zero-order chi connectivity index (χ0) is 14.8. The summed E-state index contributed by atoms with van der Waals surface area (Å²) in [5.74, 6) is 0.719. The molecule has 2 aromatic rings. The van der Waals surface area contributed by atoms with E-state index in [9.17, 15) is 4.79 Å². The Labute approximate surface area is 118 Å². The highest BCUT2D eigenvalue weighted by Gasteiger charge is 2.15. The van der Waals surface area contributed by atoms with Crippen LogP contribution in [0.2, 0.25) is 0 Å². The number of benzene rings is 1. The standard InChI is InChI=1S/C16H18N2O2/c1-11-7-13(16(2,3)4)5-6-14(11)20-15-17-8-12(10-19)9-18-15/h5-10H,1-4H3. The molecule has 4 nitrogen and oxygen atoms in total. The Hall–Kier alpha value is -2.23. The zero-order valence-electron chi connectivity index (χ0n) is 12.2. The number of ether oxygens (including phenoxy) is 1. The lowest BCUT2D eigenvalue weighted by Gasteiger charge is -2.20. The second-order valence-corrected chi connectivity index (χ2v) is 5.75. The highest BCUT2D eigenvalue weighted by molar-refractivity contribution is 5.73. The average molecular weight is 270 g/mol. The minimum Gasteiger partial charge on any atom is -0.424 e. The molecule has 0 aliphatic rings. The van der Waals surface area contributed by atoms with E-state index in [4.69, 9.17) is 4.74 Å². The molecule has 0 aliphatic heterocycles. The van der Waals surface area contributed by atoms with Crippen LogP contribution in [-0.2, 0) is 5.41 Å². The molecule has 1 aromatic heterocycles. The Morgan fingerprint density at radius 2 is 1.80 bits per heavy atom. The third-order valence-corrected chi connectivity index (χ3v) is 3.03. The molecule has 1 aromatic carbocycles. The van der Waals surface area contributed by atoms with E-state index in [1.807, 2.05) is 19.1 Å². The zero-order valence-corrected chi connectivity index (χ0v) is 12.2. The lowest BCUT2D eigenvalue weighted by Crippen LogP contribution is -2.11. The summed E-state index contributed by atoms with van der Waals surface area (Å²) in [6.45, 7) is 8.50. The maximum Gasteiger partial charge on any atom is 0.321 e. The van der Waals surface area contributed by atoms with Crippen molar-refractivity contribution < 1.29 is 9.53 Å². The quantitative estimate of drug-likeness (QED) is 0.798. The molecule has 0 atom stereocenters. The normalized spacial score (nSPS) is 11.2. The van der Waals surface area contributed by atoms with Crippen LogP contribution >= 0.6 is 0 Å². The van der Waals surface area contributed by atoms with Crippen molar-refractivity contribution in [2.24, 2.45) is 0 Å². The van der Waals surface area contributed by atoms with Crippen LogP contribution in [0.1, 0.15) is 42.3 Å². The second-order valence-electron chi connectivity index (χ2n) is 5.75. The Balaban J connectivity index is 2.23. The number of nitrogens with zero attached hydrogens (tertiary/aromatic N) is 2. The summed E-state index contributed by atoms with van der Waals surface area (Å²) in [6, 6.07) is 6.31. The monoisotopic (exact) mass is 270 g/mol. The van der Waals surface area contributed by atoms with Gasteiger partial charge in [-0.15, -0.1) is 0 Å². The van der Waals surface area contributed by atoms with Crippen molar-refractivity contribution in [3.8, 4) is 11.8 Å². The first-order valence-electron chi connectivity index (χ1n) is 6.46. The van der Waals surface area contributed by atoms with Crippen LogP contribution in [0.5, 0.6) is 11.8 Å². The van der Waals surface area contributed by atoms with Gasteiger partial charge >= 0.3 is 6.01 Å². The molecule has 0 radical (unpaired) electrons. The molecular formula is C16H18N2O2. The molecule has 0 fully saturated rings. The second kappa shape index (κ2) is 5.41. The van der Waals surface area contributed by atoms with Crippen molar-refractivity contribution >= 4 is 6.29 Å². The highest BCUT2D eigenvalue weighted by atomic mass is 16.5. The van der Waals surface area contributed by atoms with Gasteiger partial charge in [0.1, 0.15) is 5.75 Å². The molecule has 20 heavy (non-hydrogen) atoms. The van der Waals surface area contributed by atoms with Crippen LogP contribution in [-0.4, -0.2) is 16.3 Å². The van der Waals surface area contributed by atoms with Gasteiger partial charge in [-0.05, 0) is 29.5 Å². The van der Waals surface area contributed by atoms with Gasteiger partial charge in [0, 0.05) is 12.4 Å². The largest absolute Gasteiger partial charge is 0.424 e. The summed E-state index contributed by atoms with van der Waals surface area (Å²) in [4.78, 5) is 18.5. The van der Waals surface area contributed by atoms with Gasteiger partial charge in [-0.3, -0.25) is 4.79 Å². The van der Waals surface area contributed by atoms with Gasteiger partial charge in [0.15, 0.2) is 6.29 Å². The van der Waals surface area contributed by atoms with E-state index < -0.39 is 0 Å². The molecule has 0 unspecified atom stereocenters. The van der Waals surface area contributed by atoms with E-state index in [1.165, 1.54) is 18.0 Å². The number of aromatic nitrogens is 2. The van der Waals surface area contributed by atoms with Gasteiger partial charge in [0.25, 0.3) is 0 Å². The summed E-state index contributed by atoms with van der Waals surface area (Å²) in [5.41, 5.74) is 2.81. The molecule has 2 rings (SSSR count). The predicted molar refractivity (Wildman–Crippen MR) is 77.4 cm³/mol. The first-order chi connectivity index (χ1) is 9.40. The van der Waals surface area contributed by atoms with Crippen LogP contribution in [0.15, 0.2) is 30.6 Å². The molecular weight excluding hydrogens is 252 g/mol. The van der Waals surface area contributed by atoms with E-state index in [0.29, 0.717) is 11.8 Å². The van der Waals surface area contributed by atoms with Crippen molar-refractivity contribution in [1.29, 1.82) is 0 Å². The molecule has 0 spiro atoms. The molecule has 0 N–H and O–H groups in total. The van der Waals surface area contributed by atoms with Gasteiger partial charge in [-0.1, -0.05) is 32.9 Å². The van der Waals surface area contributed by atoms with Crippen LogP contribution < -0.4 is 4.74 Å². The maximum atomic E-state index is 10.5. The van der Waals surface area contributed by atoms with Gasteiger partial charge < -0.3 is 4.74 Å². The number of hydrogen-bond acceptors (Lipinski definition) is 4. The SMILES string of the molecule is Cc1cc(C(C)(C)C)ccc1Oc1ncc(C=O)cn1. The number of hydrogen-bond donors (Lipinski definition) is 0. The van der Waals surface area contributed by atoms with Crippen LogP contribution in [0, 0.1) is 6.92 Å². The van der Waals surface area contributed by atoms with E-state index in [-0.39, 0.29) is 11.4 Å². The minimum absolute atomic E-state index is 0.103. The fourth-order valence-corrected chi connectivity index (χ4v) is 1.77. The predicted octanol–water partition coefficient (Wildman–Crippen LogP) is 3.69. The highest BCUT2D eigenvalue weighted by Crippen LogP contribution is 2.29. The van der Waals surface area contributed by atoms with Crippen LogP contribution in [0.3, 0.4) is 0 Å². The molecule has 1 heterocycles. The van der Waals surface area contributed by atoms with Crippen LogP contribution in [0.25, 0.3) is 0 Å². The van der Waals surface area contributed by atoms with Crippen molar-refractivity contribution in [2.45, 2.75) is 33.1 Å². The fraction of sp³-hybridized carbons (Fsp3) is 0.312. The number of carbonyl (C=O) groups excluding carboxylic acids is 1. The van der Waals surface area contributed by atoms with E-state index in [0.717, 1.165) is 11.3 Å².